The molecule has 0 spiro atoms. The number of aromatic nitrogens is 1. The molecule has 40 heavy (non-hydrogen) atoms. The van der Waals surface area contributed by atoms with Gasteiger partial charge in [-0.3, -0.25) is 9.69 Å². The molecule has 1 aromatic heterocycles. The van der Waals surface area contributed by atoms with Gasteiger partial charge >= 0.3 is 6.09 Å². The van der Waals surface area contributed by atoms with Crippen molar-refractivity contribution in [2.45, 2.75) is 52.8 Å². The molecule has 1 atom stereocenters. The Balaban J connectivity index is 1.34. The van der Waals surface area contributed by atoms with E-state index in [0.717, 1.165) is 30.9 Å². The monoisotopic (exact) mass is 548 g/mol. The Kier molecular flexibility index (Phi) is 9.04. The van der Waals surface area contributed by atoms with Crippen LogP contribution in [0.5, 0.6) is 11.6 Å². The quantitative estimate of drug-likeness (QED) is 0.354. The number of carbonyl (C=O) groups is 2. The van der Waals surface area contributed by atoms with Crippen LogP contribution < -0.4 is 9.64 Å². The van der Waals surface area contributed by atoms with Crippen molar-refractivity contribution in [3.8, 4) is 11.6 Å². The number of halogens is 1. The van der Waals surface area contributed by atoms with E-state index < -0.39 is 5.60 Å². The van der Waals surface area contributed by atoms with E-state index in [9.17, 15) is 14.0 Å². The Hall–Kier alpha value is -3.98. The van der Waals surface area contributed by atoms with E-state index >= 15 is 0 Å². The van der Waals surface area contributed by atoms with Crippen LogP contribution in [0.25, 0.3) is 0 Å². The van der Waals surface area contributed by atoms with Crippen LogP contribution in [0, 0.1) is 5.82 Å². The van der Waals surface area contributed by atoms with Crippen molar-refractivity contribution in [3.63, 3.8) is 0 Å². The molecule has 1 fully saturated rings. The second-order valence-corrected chi connectivity index (χ2v) is 10.9. The van der Waals surface area contributed by atoms with Crippen molar-refractivity contribution >= 4 is 17.7 Å². The van der Waals surface area contributed by atoms with Crippen LogP contribution in [0.4, 0.5) is 14.9 Å². The highest BCUT2D eigenvalue weighted by atomic mass is 19.1. The summed E-state index contributed by atoms with van der Waals surface area (Å²) in [7, 11) is 0. The lowest BCUT2D eigenvalue weighted by atomic mass is 10.1. The molecule has 0 N–H and O–H groups in total. The largest absolute Gasteiger partial charge is 0.444 e. The standard InChI is InChI=1S/C31H37FN4O4/c1-6-35(29(37)24-9-16-28(33-19-24)39-27-14-10-25(32)11-15-27)26-12-7-23(8-13-26)21-34-17-18-36(22(2)20-34)30(38)40-31(3,4)5/h7-16,19,22H,6,17-18,20-21H2,1-5H3/t22-/m0/s1. The van der Waals surface area contributed by atoms with E-state index in [1.54, 1.807) is 21.9 Å². The van der Waals surface area contributed by atoms with Gasteiger partial charge in [0.1, 0.15) is 17.2 Å². The average molecular weight is 549 g/mol. The van der Waals surface area contributed by atoms with Crippen molar-refractivity contribution in [3.05, 3.63) is 83.8 Å². The van der Waals surface area contributed by atoms with Gasteiger partial charge in [0.2, 0.25) is 5.88 Å². The molecular weight excluding hydrogens is 511 g/mol. The van der Waals surface area contributed by atoms with Gasteiger partial charge in [0.05, 0.1) is 5.56 Å². The highest BCUT2D eigenvalue weighted by molar-refractivity contribution is 6.05. The third-order valence-corrected chi connectivity index (χ3v) is 6.57. The number of carbonyl (C=O) groups excluding carboxylic acids is 2. The van der Waals surface area contributed by atoms with E-state index in [1.807, 2.05) is 58.9 Å². The molecule has 1 aliphatic rings. The molecule has 212 valence electrons. The van der Waals surface area contributed by atoms with Crippen molar-refractivity contribution < 1.29 is 23.5 Å². The normalized spacial score (nSPS) is 15.9. The Bertz CT molecular complexity index is 1290. The maximum absolute atomic E-state index is 13.2. The number of ether oxygens (including phenoxy) is 2. The molecule has 2 aromatic carbocycles. The smallest absolute Gasteiger partial charge is 0.410 e. The topological polar surface area (TPSA) is 75.2 Å². The van der Waals surface area contributed by atoms with Crippen LogP contribution in [0.1, 0.15) is 50.5 Å². The summed E-state index contributed by atoms with van der Waals surface area (Å²) in [5.74, 6) is 0.268. The van der Waals surface area contributed by atoms with Crippen LogP contribution in [0.2, 0.25) is 0 Å². The zero-order chi connectivity index (χ0) is 28.9. The number of pyridine rings is 1. The fraction of sp³-hybridized carbons (Fsp3) is 0.387. The van der Waals surface area contributed by atoms with E-state index in [0.29, 0.717) is 30.3 Å². The van der Waals surface area contributed by atoms with Crippen molar-refractivity contribution in [1.29, 1.82) is 0 Å². The van der Waals surface area contributed by atoms with Crippen LogP contribution in [0.3, 0.4) is 0 Å². The number of anilines is 1. The SMILES string of the molecule is CCN(C(=O)c1ccc(Oc2ccc(F)cc2)nc1)c1ccc(CN2CCN(C(=O)OC(C)(C)C)[C@@H](C)C2)cc1. The number of piperazine rings is 1. The molecule has 0 radical (unpaired) electrons. The van der Waals surface area contributed by atoms with Gasteiger partial charge in [0, 0.05) is 56.7 Å². The summed E-state index contributed by atoms with van der Waals surface area (Å²) in [6.07, 6.45) is 1.22. The van der Waals surface area contributed by atoms with Gasteiger partial charge in [0.15, 0.2) is 0 Å². The number of hydrogen-bond donors (Lipinski definition) is 0. The van der Waals surface area contributed by atoms with Crippen LogP contribution >= 0.6 is 0 Å². The lowest BCUT2D eigenvalue weighted by Crippen LogP contribution is -2.54. The number of rotatable bonds is 7. The molecule has 0 aliphatic carbocycles. The van der Waals surface area contributed by atoms with Crippen LogP contribution in [0.15, 0.2) is 66.9 Å². The third-order valence-electron chi connectivity index (χ3n) is 6.57. The Morgan fingerprint density at radius 3 is 2.30 bits per heavy atom. The third kappa shape index (κ3) is 7.57. The van der Waals surface area contributed by atoms with E-state index in [2.05, 4.69) is 9.88 Å². The molecule has 0 unspecified atom stereocenters. The van der Waals surface area contributed by atoms with Gasteiger partial charge < -0.3 is 19.3 Å². The summed E-state index contributed by atoms with van der Waals surface area (Å²) >= 11 is 0. The van der Waals surface area contributed by atoms with Crippen molar-refractivity contribution in [2.75, 3.05) is 31.1 Å². The fourth-order valence-electron chi connectivity index (χ4n) is 4.60. The first kappa shape index (κ1) is 29.0. The summed E-state index contributed by atoms with van der Waals surface area (Å²) in [6.45, 7) is 13.0. The molecule has 8 nitrogen and oxygen atoms in total. The van der Waals surface area contributed by atoms with E-state index in [4.69, 9.17) is 9.47 Å². The van der Waals surface area contributed by atoms with Crippen LogP contribution in [-0.4, -0.2) is 64.6 Å². The molecule has 0 saturated carbocycles. The first-order valence-electron chi connectivity index (χ1n) is 13.5. The second-order valence-electron chi connectivity index (χ2n) is 10.9. The van der Waals surface area contributed by atoms with Gasteiger partial charge in [-0.15, -0.1) is 0 Å². The second kappa shape index (κ2) is 12.5. The Labute approximate surface area is 235 Å². The number of hydrogen-bond acceptors (Lipinski definition) is 6. The first-order valence-corrected chi connectivity index (χ1v) is 13.5. The van der Waals surface area contributed by atoms with Crippen molar-refractivity contribution in [2.24, 2.45) is 0 Å². The molecule has 4 rings (SSSR count). The minimum Gasteiger partial charge on any atom is -0.444 e. The van der Waals surface area contributed by atoms with Crippen molar-refractivity contribution in [1.82, 2.24) is 14.8 Å². The zero-order valence-corrected chi connectivity index (χ0v) is 23.8. The highest BCUT2D eigenvalue weighted by Crippen LogP contribution is 2.23. The molecular formula is C31H37FN4O4. The molecule has 2 amide bonds. The number of amides is 2. The van der Waals surface area contributed by atoms with Gasteiger partial charge in [-0.25, -0.2) is 14.2 Å². The van der Waals surface area contributed by atoms with E-state index in [-0.39, 0.29) is 23.9 Å². The van der Waals surface area contributed by atoms with Gasteiger partial charge in [-0.1, -0.05) is 12.1 Å². The molecule has 2 heterocycles. The maximum atomic E-state index is 13.2. The highest BCUT2D eigenvalue weighted by Gasteiger charge is 2.30. The summed E-state index contributed by atoms with van der Waals surface area (Å²) < 4.78 is 24.3. The molecule has 3 aromatic rings. The molecule has 1 saturated heterocycles. The van der Waals surface area contributed by atoms with Gasteiger partial charge in [-0.2, -0.15) is 0 Å². The minimum absolute atomic E-state index is 0.0529. The molecule has 0 bridgehead atoms. The number of benzene rings is 2. The minimum atomic E-state index is -0.511. The van der Waals surface area contributed by atoms with Gasteiger partial charge in [-0.05, 0) is 82.6 Å². The molecule has 9 heteroatoms. The fourth-order valence-corrected chi connectivity index (χ4v) is 4.60. The summed E-state index contributed by atoms with van der Waals surface area (Å²) in [5, 5.41) is 0. The number of nitrogens with zero attached hydrogens (tertiary/aromatic N) is 4. The summed E-state index contributed by atoms with van der Waals surface area (Å²) in [4.78, 5) is 35.8. The lowest BCUT2D eigenvalue weighted by molar-refractivity contribution is 0.000549. The predicted molar refractivity (Wildman–Crippen MR) is 152 cm³/mol. The average Bonchev–Trinajstić information content (AvgIpc) is 2.91. The predicted octanol–water partition coefficient (Wildman–Crippen LogP) is 6.12. The maximum Gasteiger partial charge on any atom is 0.410 e. The zero-order valence-electron chi connectivity index (χ0n) is 23.8. The summed E-state index contributed by atoms with van der Waals surface area (Å²) in [5.41, 5.74) is 1.86. The lowest BCUT2D eigenvalue weighted by Gasteiger charge is -2.40. The molecule has 1 aliphatic heterocycles. The Morgan fingerprint density at radius 2 is 1.73 bits per heavy atom. The van der Waals surface area contributed by atoms with Crippen LogP contribution in [-0.2, 0) is 11.3 Å². The first-order chi connectivity index (χ1) is 19.0. The van der Waals surface area contributed by atoms with E-state index in [1.165, 1.54) is 30.5 Å². The Morgan fingerprint density at radius 1 is 1.02 bits per heavy atom. The van der Waals surface area contributed by atoms with Gasteiger partial charge in [0.25, 0.3) is 5.91 Å². The summed E-state index contributed by atoms with van der Waals surface area (Å²) in [6, 6.07) is 17.0.